The molecular formula is C17H26Cl2N4O. The van der Waals surface area contributed by atoms with Crippen molar-refractivity contribution in [1.82, 2.24) is 15.2 Å². The highest BCUT2D eigenvalue weighted by atomic mass is 35.5. The fourth-order valence-electron chi connectivity index (χ4n) is 3.52. The van der Waals surface area contributed by atoms with Gasteiger partial charge in [-0.2, -0.15) is 5.26 Å². The largest absolute Gasteiger partial charge is 0.492 e. The van der Waals surface area contributed by atoms with Crippen molar-refractivity contribution in [1.29, 1.82) is 5.26 Å². The first-order chi connectivity index (χ1) is 10.9. The summed E-state index contributed by atoms with van der Waals surface area (Å²) in [6, 6.07) is 4.67. The van der Waals surface area contributed by atoms with Gasteiger partial charge >= 0.3 is 0 Å². The average molecular weight is 373 g/mol. The van der Waals surface area contributed by atoms with Gasteiger partial charge in [0.25, 0.3) is 0 Å². The summed E-state index contributed by atoms with van der Waals surface area (Å²) in [7, 11) is 0. The second-order valence-electron chi connectivity index (χ2n) is 6.26. The Morgan fingerprint density at radius 1 is 1.21 bits per heavy atom. The molecule has 7 heteroatoms. The van der Waals surface area contributed by atoms with Crippen molar-refractivity contribution in [2.75, 3.05) is 32.8 Å². The first kappa shape index (κ1) is 21.0. The fourth-order valence-corrected chi connectivity index (χ4v) is 3.52. The van der Waals surface area contributed by atoms with Gasteiger partial charge in [-0.05, 0) is 37.7 Å². The Bertz CT molecular complexity index is 524. The van der Waals surface area contributed by atoms with Gasteiger partial charge in [0, 0.05) is 44.6 Å². The summed E-state index contributed by atoms with van der Waals surface area (Å²) in [4.78, 5) is 6.60. The molecule has 0 unspecified atom stereocenters. The monoisotopic (exact) mass is 372 g/mol. The van der Waals surface area contributed by atoms with E-state index in [0.717, 1.165) is 19.1 Å². The van der Waals surface area contributed by atoms with Crippen LogP contribution < -0.4 is 10.1 Å². The number of aromatic nitrogens is 1. The first-order valence-corrected chi connectivity index (χ1v) is 8.28. The van der Waals surface area contributed by atoms with Crippen molar-refractivity contribution in [3.63, 3.8) is 0 Å². The van der Waals surface area contributed by atoms with Crippen LogP contribution in [0.5, 0.6) is 5.75 Å². The quantitative estimate of drug-likeness (QED) is 0.879. The molecule has 1 aromatic heterocycles. The molecule has 1 N–H and O–H groups in total. The van der Waals surface area contributed by atoms with Gasteiger partial charge in [0.1, 0.15) is 17.4 Å². The molecule has 134 valence electrons. The minimum Gasteiger partial charge on any atom is -0.492 e. The summed E-state index contributed by atoms with van der Waals surface area (Å²) in [6.07, 6.45) is 8.24. The Labute approximate surface area is 156 Å². The number of halogens is 2. The van der Waals surface area contributed by atoms with Gasteiger partial charge in [0.05, 0.1) is 6.61 Å². The molecule has 0 spiro atoms. The van der Waals surface area contributed by atoms with E-state index < -0.39 is 0 Å². The highest BCUT2D eigenvalue weighted by Crippen LogP contribution is 2.28. The summed E-state index contributed by atoms with van der Waals surface area (Å²) in [5.74, 6) is 1.28. The maximum Gasteiger partial charge on any atom is 0.140 e. The van der Waals surface area contributed by atoms with E-state index in [9.17, 15) is 0 Å². The summed E-state index contributed by atoms with van der Waals surface area (Å²) >= 11 is 0. The smallest absolute Gasteiger partial charge is 0.140 e. The van der Waals surface area contributed by atoms with Gasteiger partial charge in [0.15, 0.2) is 0 Å². The standard InChI is InChI=1S/C17H24N4O.2ClH/c18-11-15-12-20-6-5-17(15)22-13-14-1-3-16(4-2-14)21-9-7-19-8-10-21;;/h5-6,12,14,16,19H,1-4,7-10,13H2;2*1H. The van der Waals surface area contributed by atoms with E-state index in [4.69, 9.17) is 10.00 Å². The second-order valence-corrected chi connectivity index (χ2v) is 6.26. The molecule has 1 saturated carbocycles. The van der Waals surface area contributed by atoms with Crippen LogP contribution in [-0.4, -0.2) is 48.7 Å². The number of pyridine rings is 1. The molecule has 0 amide bonds. The molecular weight excluding hydrogens is 347 g/mol. The third-order valence-corrected chi connectivity index (χ3v) is 4.86. The normalized spacial score (nSPS) is 24.1. The van der Waals surface area contributed by atoms with Crippen LogP contribution >= 0.6 is 24.8 Å². The number of nitrogens with zero attached hydrogens (tertiary/aromatic N) is 3. The highest BCUT2D eigenvalue weighted by molar-refractivity contribution is 5.85. The lowest BCUT2D eigenvalue weighted by molar-refractivity contribution is 0.105. The maximum absolute atomic E-state index is 9.05. The Morgan fingerprint density at radius 3 is 2.58 bits per heavy atom. The van der Waals surface area contributed by atoms with Crippen LogP contribution in [0.4, 0.5) is 0 Å². The zero-order valence-corrected chi connectivity index (χ0v) is 15.5. The molecule has 0 atom stereocenters. The minimum absolute atomic E-state index is 0. The Kier molecular flexibility index (Phi) is 9.38. The van der Waals surface area contributed by atoms with E-state index in [-0.39, 0.29) is 24.8 Å². The highest BCUT2D eigenvalue weighted by Gasteiger charge is 2.26. The third kappa shape index (κ3) is 5.49. The van der Waals surface area contributed by atoms with Gasteiger partial charge < -0.3 is 10.1 Å². The molecule has 3 rings (SSSR count). The molecule has 1 aromatic rings. The fraction of sp³-hybridized carbons (Fsp3) is 0.647. The van der Waals surface area contributed by atoms with Crippen molar-refractivity contribution in [3.8, 4) is 11.8 Å². The van der Waals surface area contributed by atoms with E-state index >= 15 is 0 Å². The topological polar surface area (TPSA) is 61.2 Å². The summed E-state index contributed by atoms with van der Waals surface area (Å²) in [5.41, 5.74) is 0.525. The van der Waals surface area contributed by atoms with E-state index in [1.54, 1.807) is 18.5 Å². The second kappa shape index (κ2) is 10.7. The number of rotatable bonds is 4. The van der Waals surface area contributed by atoms with E-state index in [2.05, 4.69) is 21.3 Å². The zero-order valence-electron chi connectivity index (χ0n) is 13.8. The number of piperazine rings is 1. The predicted octanol–water partition coefficient (Wildman–Crippen LogP) is 2.64. The summed E-state index contributed by atoms with van der Waals surface area (Å²) < 4.78 is 5.86. The van der Waals surface area contributed by atoms with Crippen LogP contribution in [0.2, 0.25) is 0 Å². The summed E-state index contributed by atoms with van der Waals surface area (Å²) in [6.45, 7) is 5.35. The number of hydrogen-bond acceptors (Lipinski definition) is 5. The minimum atomic E-state index is 0. The van der Waals surface area contributed by atoms with Crippen molar-refractivity contribution >= 4 is 24.8 Å². The van der Waals surface area contributed by atoms with Gasteiger partial charge in [0.2, 0.25) is 0 Å². The Morgan fingerprint density at radius 2 is 1.92 bits per heavy atom. The molecule has 0 aromatic carbocycles. The molecule has 2 fully saturated rings. The predicted molar refractivity (Wildman–Crippen MR) is 99.1 cm³/mol. The molecule has 0 radical (unpaired) electrons. The van der Waals surface area contributed by atoms with Crippen LogP contribution in [0, 0.1) is 17.2 Å². The van der Waals surface area contributed by atoms with Gasteiger partial charge in [-0.25, -0.2) is 0 Å². The van der Waals surface area contributed by atoms with Crippen LogP contribution in [-0.2, 0) is 0 Å². The average Bonchev–Trinajstić information content (AvgIpc) is 2.61. The van der Waals surface area contributed by atoms with Crippen molar-refractivity contribution in [3.05, 3.63) is 24.0 Å². The number of nitriles is 1. The van der Waals surface area contributed by atoms with Crippen LogP contribution in [0.3, 0.4) is 0 Å². The van der Waals surface area contributed by atoms with Crippen molar-refractivity contribution in [2.45, 2.75) is 31.7 Å². The molecule has 0 bridgehead atoms. The lowest BCUT2D eigenvalue weighted by Crippen LogP contribution is -2.49. The zero-order chi connectivity index (χ0) is 15.2. The Balaban J connectivity index is 0.00000144. The molecule has 2 heterocycles. The van der Waals surface area contributed by atoms with Gasteiger partial charge in [-0.1, -0.05) is 0 Å². The van der Waals surface area contributed by atoms with Crippen LogP contribution in [0.15, 0.2) is 18.5 Å². The van der Waals surface area contributed by atoms with Gasteiger partial charge in [-0.3, -0.25) is 9.88 Å². The Hall–Kier alpha value is -1.06. The van der Waals surface area contributed by atoms with Crippen LogP contribution in [0.1, 0.15) is 31.2 Å². The van der Waals surface area contributed by atoms with E-state index in [0.29, 0.717) is 23.8 Å². The van der Waals surface area contributed by atoms with Crippen molar-refractivity contribution < 1.29 is 4.74 Å². The molecule has 5 nitrogen and oxygen atoms in total. The maximum atomic E-state index is 9.05. The lowest BCUT2D eigenvalue weighted by Gasteiger charge is -2.39. The molecule has 1 aliphatic heterocycles. The number of ether oxygens (including phenoxy) is 1. The van der Waals surface area contributed by atoms with Crippen LogP contribution in [0.25, 0.3) is 0 Å². The lowest BCUT2D eigenvalue weighted by atomic mass is 9.85. The number of nitrogens with one attached hydrogen (secondary N) is 1. The SMILES string of the molecule is Cl.Cl.N#Cc1cnccc1OCC1CCC(N2CCNCC2)CC1. The van der Waals surface area contributed by atoms with E-state index in [1.165, 1.54) is 38.8 Å². The third-order valence-electron chi connectivity index (χ3n) is 4.86. The first-order valence-electron chi connectivity index (χ1n) is 8.28. The summed E-state index contributed by atoms with van der Waals surface area (Å²) in [5, 5.41) is 12.5. The molecule has 24 heavy (non-hydrogen) atoms. The number of hydrogen-bond donors (Lipinski definition) is 1. The van der Waals surface area contributed by atoms with Gasteiger partial charge in [-0.15, -0.1) is 24.8 Å². The molecule has 1 aliphatic carbocycles. The van der Waals surface area contributed by atoms with Crippen molar-refractivity contribution in [2.24, 2.45) is 5.92 Å². The van der Waals surface area contributed by atoms with E-state index in [1.807, 2.05) is 0 Å². The molecule has 2 aliphatic rings. The molecule has 1 saturated heterocycles.